The molecule has 1 aromatic heterocycles. The number of methoxy groups -OCH3 is 1. The molecule has 1 heterocycles. The van der Waals surface area contributed by atoms with E-state index in [0.29, 0.717) is 40.3 Å². The minimum Gasteiger partial charge on any atom is -0.493 e. The summed E-state index contributed by atoms with van der Waals surface area (Å²) in [6.45, 7) is 2.24. The van der Waals surface area contributed by atoms with Crippen molar-refractivity contribution < 1.29 is 23.8 Å². The van der Waals surface area contributed by atoms with E-state index in [4.69, 9.17) is 9.47 Å². The molecule has 2 aromatic carbocycles. The number of aromatic nitrogens is 1. The van der Waals surface area contributed by atoms with Crippen molar-refractivity contribution in [2.45, 2.75) is 6.92 Å². The van der Waals surface area contributed by atoms with E-state index in [1.54, 1.807) is 24.3 Å². The van der Waals surface area contributed by atoms with Gasteiger partial charge in [0.05, 0.1) is 30.5 Å². The Hall–Kier alpha value is -3.15. The van der Waals surface area contributed by atoms with Gasteiger partial charge < -0.3 is 14.6 Å². The van der Waals surface area contributed by atoms with Crippen molar-refractivity contribution in [2.75, 3.05) is 13.7 Å². The molecule has 0 aliphatic heterocycles. The monoisotopic (exact) mass is 341 g/mol. The zero-order chi connectivity index (χ0) is 18.0. The zero-order valence-electron chi connectivity index (χ0n) is 13.7. The molecule has 0 radical (unpaired) electrons. The van der Waals surface area contributed by atoms with E-state index in [0.717, 1.165) is 0 Å². The van der Waals surface area contributed by atoms with Gasteiger partial charge in [0.1, 0.15) is 5.82 Å². The van der Waals surface area contributed by atoms with Gasteiger partial charge in [0.15, 0.2) is 11.5 Å². The summed E-state index contributed by atoms with van der Waals surface area (Å²) >= 11 is 0. The Balaban J connectivity index is 2.29. The molecule has 3 rings (SSSR count). The van der Waals surface area contributed by atoms with Crippen LogP contribution in [0.1, 0.15) is 17.3 Å². The molecule has 128 valence electrons. The third-order valence-corrected chi connectivity index (χ3v) is 3.74. The van der Waals surface area contributed by atoms with Crippen LogP contribution in [0.4, 0.5) is 4.39 Å². The third kappa shape index (κ3) is 3.24. The second-order valence-electron chi connectivity index (χ2n) is 5.32. The number of carboxylic acid groups (broad SMARTS) is 1. The maximum absolute atomic E-state index is 13.5. The largest absolute Gasteiger partial charge is 0.493 e. The molecule has 6 heteroatoms. The first-order valence-electron chi connectivity index (χ1n) is 7.68. The molecule has 0 unspecified atom stereocenters. The van der Waals surface area contributed by atoms with Gasteiger partial charge in [-0.3, -0.25) is 0 Å². The minimum atomic E-state index is -1.10. The Morgan fingerprint density at radius 2 is 2.00 bits per heavy atom. The fourth-order valence-corrected chi connectivity index (χ4v) is 2.63. The molecule has 0 aliphatic rings. The van der Waals surface area contributed by atoms with Crippen molar-refractivity contribution in [1.82, 2.24) is 4.98 Å². The first kappa shape index (κ1) is 16.7. The summed E-state index contributed by atoms with van der Waals surface area (Å²) in [5.74, 6) is -0.617. The summed E-state index contributed by atoms with van der Waals surface area (Å²) in [7, 11) is 1.50. The van der Waals surface area contributed by atoms with Crippen LogP contribution in [-0.2, 0) is 0 Å². The summed E-state index contributed by atoms with van der Waals surface area (Å²) < 4.78 is 24.3. The fourth-order valence-electron chi connectivity index (χ4n) is 2.63. The first-order chi connectivity index (χ1) is 12.0. The van der Waals surface area contributed by atoms with Gasteiger partial charge in [0, 0.05) is 17.0 Å². The number of benzene rings is 2. The second-order valence-corrected chi connectivity index (χ2v) is 5.32. The average molecular weight is 341 g/mol. The number of ether oxygens (including phenoxy) is 2. The maximum atomic E-state index is 13.5. The summed E-state index contributed by atoms with van der Waals surface area (Å²) in [6.07, 6.45) is 0. The normalized spacial score (nSPS) is 10.7. The summed E-state index contributed by atoms with van der Waals surface area (Å²) in [4.78, 5) is 16.2. The van der Waals surface area contributed by atoms with Crippen molar-refractivity contribution >= 4 is 16.9 Å². The number of hydrogen-bond donors (Lipinski definition) is 1. The average Bonchev–Trinajstić information content (AvgIpc) is 2.60. The predicted molar refractivity (Wildman–Crippen MR) is 91.8 cm³/mol. The molecule has 0 atom stereocenters. The zero-order valence-corrected chi connectivity index (χ0v) is 13.7. The first-order valence-corrected chi connectivity index (χ1v) is 7.68. The van der Waals surface area contributed by atoms with E-state index >= 15 is 0 Å². The maximum Gasteiger partial charge on any atom is 0.336 e. The molecule has 0 amide bonds. The van der Waals surface area contributed by atoms with E-state index in [9.17, 15) is 14.3 Å². The van der Waals surface area contributed by atoms with Gasteiger partial charge in [-0.15, -0.1) is 0 Å². The number of hydrogen-bond acceptors (Lipinski definition) is 4. The smallest absolute Gasteiger partial charge is 0.336 e. The van der Waals surface area contributed by atoms with Gasteiger partial charge in [-0.1, -0.05) is 12.1 Å². The summed E-state index contributed by atoms with van der Waals surface area (Å²) in [6, 6.07) is 10.5. The molecule has 1 N–H and O–H groups in total. The lowest BCUT2D eigenvalue weighted by molar-refractivity contribution is 0.0699. The van der Waals surface area contributed by atoms with E-state index in [-0.39, 0.29) is 5.56 Å². The van der Waals surface area contributed by atoms with Crippen LogP contribution in [0, 0.1) is 5.82 Å². The van der Waals surface area contributed by atoms with Gasteiger partial charge >= 0.3 is 5.97 Å². The fraction of sp³-hybridized carbons (Fsp3) is 0.158. The quantitative estimate of drug-likeness (QED) is 0.755. The molecule has 0 fully saturated rings. The van der Waals surface area contributed by atoms with Gasteiger partial charge in [0.25, 0.3) is 0 Å². The summed E-state index contributed by atoms with van der Waals surface area (Å²) in [5.41, 5.74) is 1.36. The molecular weight excluding hydrogens is 325 g/mol. The van der Waals surface area contributed by atoms with Crippen LogP contribution in [-0.4, -0.2) is 29.8 Å². The van der Waals surface area contributed by atoms with E-state index in [2.05, 4.69) is 4.98 Å². The lowest BCUT2D eigenvalue weighted by Crippen LogP contribution is -2.02. The van der Waals surface area contributed by atoms with Crippen LogP contribution in [0.3, 0.4) is 0 Å². The van der Waals surface area contributed by atoms with Gasteiger partial charge in [-0.25, -0.2) is 14.2 Å². The lowest BCUT2D eigenvalue weighted by atomic mass is 10.0. The standard InChI is InChI=1S/C19H16FNO4/c1-3-25-18-9-13-14(19(22)23)8-15(11-5-4-6-12(20)7-11)21-16(13)10-17(18)24-2/h4-10H,3H2,1-2H3,(H,22,23). The topological polar surface area (TPSA) is 68.7 Å². The second kappa shape index (κ2) is 6.76. The van der Waals surface area contributed by atoms with Gasteiger partial charge in [-0.05, 0) is 31.2 Å². The van der Waals surface area contributed by atoms with Crippen molar-refractivity contribution in [3.05, 3.63) is 53.8 Å². The highest BCUT2D eigenvalue weighted by atomic mass is 19.1. The molecule has 25 heavy (non-hydrogen) atoms. The van der Waals surface area contributed by atoms with Gasteiger partial charge in [0.2, 0.25) is 0 Å². The van der Waals surface area contributed by atoms with Crippen molar-refractivity contribution in [3.63, 3.8) is 0 Å². The highest BCUT2D eigenvalue weighted by molar-refractivity contribution is 6.04. The third-order valence-electron chi connectivity index (χ3n) is 3.74. The SMILES string of the molecule is CCOc1cc2c(C(=O)O)cc(-c3cccc(F)c3)nc2cc1OC. The van der Waals surface area contributed by atoms with Crippen LogP contribution < -0.4 is 9.47 Å². The predicted octanol–water partition coefficient (Wildman–Crippen LogP) is 4.15. The van der Waals surface area contributed by atoms with Crippen molar-refractivity contribution in [1.29, 1.82) is 0 Å². The molecule has 0 bridgehead atoms. The molecule has 0 saturated carbocycles. The molecule has 3 aromatic rings. The highest BCUT2D eigenvalue weighted by Gasteiger charge is 2.17. The molecule has 0 aliphatic carbocycles. The molecular formula is C19H16FNO4. The molecule has 5 nitrogen and oxygen atoms in total. The Bertz CT molecular complexity index is 956. The highest BCUT2D eigenvalue weighted by Crippen LogP contribution is 2.35. The van der Waals surface area contributed by atoms with Crippen LogP contribution >= 0.6 is 0 Å². The number of nitrogens with zero attached hydrogens (tertiary/aromatic N) is 1. The van der Waals surface area contributed by atoms with E-state index in [1.807, 2.05) is 6.92 Å². The lowest BCUT2D eigenvalue weighted by Gasteiger charge is -2.13. The molecule has 0 spiro atoms. The summed E-state index contributed by atoms with van der Waals surface area (Å²) in [5, 5.41) is 10.0. The van der Waals surface area contributed by atoms with Crippen molar-refractivity contribution in [2.24, 2.45) is 0 Å². The number of carbonyl (C=O) groups is 1. The number of halogens is 1. The van der Waals surface area contributed by atoms with Crippen LogP contribution in [0.2, 0.25) is 0 Å². The number of rotatable bonds is 5. The van der Waals surface area contributed by atoms with E-state index < -0.39 is 11.8 Å². The minimum absolute atomic E-state index is 0.0628. The Morgan fingerprint density at radius 3 is 2.64 bits per heavy atom. The van der Waals surface area contributed by atoms with Crippen molar-refractivity contribution in [3.8, 4) is 22.8 Å². The Morgan fingerprint density at radius 1 is 1.20 bits per heavy atom. The number of fused-ring (bicyclic) bond motifs is 1. The van der Waals surface area contributed by atoms with E-state index in [1.165, 1.54) is 25.3 Å². The Labute approximate surface area is 143 Å². The van der Waals surface area contributed by atoms with Crippen LogP contribution in [0.25, 0.3) is 22.2 Å². The number of carboxylic acids is 1. The number of aromatic carboxylic acids is 1. The van der Waals surface area contributed by atoms with Crippen LogP contribution in [0.15, 0.2) is 42.5 Å². The molecule has 0 saturated heterocycles. The Kier molecular flexibility index (Phi) is 4.52. The number of pyridine rings is 1. The van der Waals surface area contributed by atoms with Gasteiger partial charge in [-0.2, -0.15) is 0 Å². The van der Waals surface area contributed by atoms with Crippen LogP contribution in [0.5, 0.6) is 11.5 Å².